The molecule has 0 aromatic heterocycles. The first-order chi connectivity index (χ1) is 11.7. The van der Waals surface area contributed by atoms with E-state index < -0.39 is 11.8 Å². The zero-order chi connectivity index (χ0) is 18.8. The molecule has 1 aromatic rings. The molecule has 132 valence electrons. The van der Waals surface area contributed by atoms with Crippen LogP contribution in [0.2, 0.25) is 0 Å². The molecule has 1 aliphatic rings. The van der Waals surface area contributed by atoms with Gasteiger partial charge in [0, 0.05) is 5.92 Å². The zero-order valence-electron chi connectivity index (χ0n) is 15.3. The number of hydrogen-bond donors (Lipinski definition) is 1. The summed E-state index contributed by atoms with van der Waals surface area (Å²) in [6.07, 6.45) is 2.05. The number of para-hydroxylation sites is 2. The Kier molecular flexibility index (Phi) is 5.32. The van der Waals surface area contributed by atoms with Gasteiger partial charge in [-0.25, -0.2) is 0 Å². The fourth-order valence-electron chi connectivity index (χ4n) is 3.28. The highest BCUT2D eigenvalue weighted by Crippen LogP contribution is 2.60. The van der Waals surface area contributed by atoms with Crippen molar-refractivity contribution in [2.24, 2.45) is 23.2 Å². The summed E-state index contributed by atoms with van der Waals surface area (Å²) in [6.45, 7) is 7.94. The van der Waals surface area contributed by atoms with Crippen LogP contribution in [0.15, 0.2) is 35.9 Å². The largest absolute Gasteiger partial charge is 0.495 e. The summed E-state index contributed by atoms with van der Waals surface area (Å²) in [5.74, 6) is -2.02. The predicted octanol–water partition coefficient (Wildman–Crippen LogP) is 3.58. The average Bonchev–Trinajstić information content (AvgIpc) is 3.08. The van der Waals surface area contributed by atoms with Gasteiger partial charge in [-0.3, -0.25) is 9.59 Å². The molecule has 25 heavy (non-hydrogen) atoms. The predicted molar refractivity (Wildman–Crippen MR) is 95.9 cm³/mol. The van der Waals surface area contributed by atoms with Gasteiger partial charge in [0.25, 0.3) is 0 Å². The van der Waals surface area contributed by atoms with Crippen molar-refractivity contribution in [1.29, 1.82) is 5.26 Å². The number of ether oxygens (including phenoxy) is 1. The number of benzene rings is 1. The van der Waals surface area contributed by atoms with Crippen molar-refractivity contribution < 1.29 is 14.3 Å². The van der Waals surface area contributed by atoms with E-state index in [4.69, 9.17) is 4.74 Å². The highest BCUT2D eigenvalue weighted by molar-refractivity contribution is 6.11. The molecule has 1 N–H and O–H groups in total. The van der Waals surface area contributed by atoms with Crippen LogP contribution in [0.5, 0.6) is 5.75 Å². The van der Waals surface area contributed by atoms with Crippen LogP contribution in [0.25, 0.3) is 0 Å². The number of nitrogens with one attached hydrogen (secondary N) is 1. The molecule has 1 saturated carbocycles. The lowest BCUT2D eigenvalue weighted by Crippen LogP contribution is -2.30. The number of Topliss-reactive ketones (excluding diaryl/α,β-unsaturated/α-hetero) is 1. The summed E-state index contributed by atoms with van der Waals surface area (Å²) in [7, 11) is 1.49. The number of nitrogens with zero attached hydrogens (tertiary/aromatic N) is 1. The van der Waals surface area contributed by atoms with E-state index in [-0.39, 0.29) is 23.0 Å². The van der Waals surface area contributed by atoms with Crippen molar-refractivity contribution in [1.82, 2.24) is 0 Å². The molecular weight excluding hydrogens is 316 g/mol. The summed E-state index contributed by atoms with van der Waals surface area (Å²) in [4.78, 5) is 25.3. The third-order valence-corrected chi connectivity index (χ3v) is 4.77. The van der Waals surface area contributed by atoms with Crippen molar-refractivity contribution in [3.05, 3.63) is 35.9 Å². The summed E-state index contributed by atoms with van der Waals surface area (Å²) in [6, 6.07) is 8.76. The van der Waals surface area contributed by atoms with Crippen molar-refractivity contribution in [3.63, 3.8) is 0 Å². The third kappa shape index (κ3) is 3.74. The number of allylic oxidation sites excluding steroid dienone is 2. The Labute approximate surface area is 148 Å². The van der Waals surface area contributed by atoms with E-state index in [9.17, 15) is 14.9 Å². The fraction of sp³-hybridized carbons (Fsp3) is 0.450. The number of carbonyl (C=O) groups excluding carboxylic acids is 2. The van der Waals surface area contributed by atoms with Crippen LogP contribution in [0.4, 0.5) is 5.69 Å². The number of carbonyl (C=O) groups is 2. The second kappa shape index (κ2) is 7.10. The topological polar surface area (TPSA) is 79.2 Å². The monoisotopic (exact) mass is 340 g/mol. The van der Waals surface area contributed by atoms with Gasteiger partial charge in [-0.05, 0) is 37.3 Å². The van der Waals surface area contributed by atoms with Gasteiger partial charge in [0.2, 0.25) is 5.91 Å². The van der Waals surface area contributed by atoms with Crippen LogP contribution in [0.3, 0.4) is 0 Å². The van der Waals surface area contributed by atoms with Gasteiger partial charge in [-0.2, -0.15) is 5.26 Å². The highest BCUT2D eigenvalue weighted by atomic mass is 16.5. The third-order valence-electron chi connectivity index (χ3n) is 4.77. The minimum absolute atomic E-state index is 0.0694. The molecule has 3 atom stereocenters. The summed E-state index contributed by atoms with van der Waals surface area (Å²) >= 11 is 0. The molecule has 1 aromatic carbocycles. The highest BCUT2D eigenvalue weighted by Gasteiger charge is 2.61. The summed E-state index contributed by atoms with van der Waals surface area (Å²) < 4.78 is 5.18. The lowest BCUT2D eigenvalue weighted by molar-refractivity contribution is -0.130. The fourth-order valence-corrected chi connectivity index (χ4v) is 3.28. The molecule has 1 aliphatic carbocycles. The van der Waals surface area contributed by atoms with Gasteiger partial charge in [0.1, 0.15) is 5.75 Å². The average molecular weight is 340 g/mol. The van der Waals surface area contributed by atoms with Gasteiger partial charge < -0.3 is 10.1 Å². The molecule has 5 heteroatoms. The molecule has 0 bridgehead atoms. The SMILES string of the molecule is COc1ccccc1NC(=O)[C@H](C#N)C(=O)[C@H]1[C@@H](C=C(C)C)C1(C)C. The number of nitriles is 1. The van der Waals surface area contributed by atoms with E-state index >= 15 is 0 Å². The minimum Gasteiger partial charge on any atom is -0.495 e. The Bertz CT molecular complexity index is 754. The van der Waals surface area contributed by atoms with Crippen molar-refractivity contribution >= 4 is 17.4 Å². The smallest absolute Gasteiger partial charge is 0.249 e. The minimum atomic E-state index is -1.33. The number of hydrogen-bond acceptors (Lipinski definition) is 4. The first-order valence-corrected chi connectivity index (χ1v) is 8.26. The molecule has 2 rings (SSSR count). The molecule has 0 saturated heterocycles. The number of ketones is 1. The summed E-state index contributed by atoms with van der Waals surface area (Å²) in [5, 5.41) is 12.0. The molecule has 0 heterocycles. The molecular formula is C20H24N2O3. The van der Waals surface area contributed by atoms with Crippen molar-refractivity contribution in [3.8, 4) is 11.8 Å². The van der Waals surface area contributed by atoms with Crippen LogP contribution in [-0.2, 0) is 9.59 Å². The first-order valence-electron chi connectivity index (χ1n) is 8.26. The second-order valence-electron chi connectivity index (χ2n) is 7.22. The van der Waals surface area contributed by atoms with Crippen LogP contribution >= 0.6 is 0 Å². The van der Waals surface area contributed by atoms with Gasteiger partial charge in [-0.1, -0.05) is 37.6 Å². The number of methoxy groups -OCH3 is 1. The van der Waals surface area contributed by atoms with Crippen LogP contribution in [-0.4, -0.2) is 18.8 Å². The number of rotatable bonds is 6. The Morgan fingerprint density at radius 1 is 1.32 bits per heavy atom. The zero-order valence-corrected chi connectivity index (χ0v) is 15.3. The number of amides is 1. The van der Waals surface area contributed by atoms with Crippen LogP contribution in [0.1, 0.15) is 27.7 Å². The quantitative estimate of drug-likeness (QED) is 0.634. The van der Waals surface area contributed by atoms with E-state index in [1.54, 1.807) is 24.3 Å². The maximum absolute atomic E-state index is 12.8. The van der Waals surface area contributed by atoms with E-state index in [0.717, 1.165) is 5.57 Å². The normalized spacial score (nSPS) is 21.4. The van der Waals surface area contributed by atoms with E-state index in [0.29, 0.717) is 11.4 Å². The van der Waals surface area contributed by atoms with E-state index in [2.05, 4.69) is 11.4 Å². The molecule has 0 aliphatic heterocycles. The molecule has 1 amide bonds. The van der Waals surface area contributed by atoms with Gasteiger partial charge in [0.05, 0.1) is 18.9 Å². The standard InChI is InChI=1S/C20H24N2O3/c1-12(2)10-14-17(20(14,3)4)18(23)13(11-21)19(24)22-15-8-6-7-9-16(15)25-5/h6-10,13-14,17H,1-5H3,(H,22,24)/t13-,14-,17-/m1/s1. The Morgan fingerprint density at radius 2 is 1.96 bits per heavy atom. The van der Waals surface area contributed by atoms with Crippen molar-refractivity contribution in [2.45, 2.75) is 27.7 Å². The molecule has 5 nitrogen and oxygen atoms in total. The van der Waals surface area contributed by atoms with Crippen LogP contribution < -0.4 is 10.1 Å². The Hall–Kier alpha value is -2.61. The molecule has 0 spiro atoms. The van der Waals surface area contributed by atoms with E-state index in [1.807, 2.05) is 33.8 Å². The van der Waals surface area contributed by atoms with E-state index in [1.165, 1.54) is 7.11 Å². The molecule has 1 fully saturated rings. The maximum atomic E-state index is 12.8. The molecule has 0 radical (unpaired) electrons. The Morgan fingerprint density at radius 3 is 2.52 bits per heavy atom. The Balaban J connectivity index is 2.17. The van der Waals surface area contributed by atoms with Crippen LogP contribution in [0, 0.1) is 34.5 Å². The molecule has 0 unspecified atom stereocenters. The summed E-state index contributed by atoms with van der Waals surface area (Å²) in [5.41, 5.74) is 1.34. The van der Waals surface area contributed by atoms with Gasteiger partial charge in [0.15, 0.2) is 11.7 Å². The lowest BCUT2D eigenvalue weighted by atomic mass is 9.96. The lowest BCUT2D eigenvalue weighted by Gasteiger charge is -2.12. The maximum Gasteiger partial charge on any atom is 0.249 e. The first kappa shape index (κ1) is 18.7. The van der Waals surface area contributed by atoms with Crippen molar-refractivity contribution in [2.75, 3.05) is 12.4 Å². The van der Waals surface area contributed by atoms with Gasteiger partial charge >= 0.3 is 0 Å². The number of anilines is 1. The van der Waals surface area contributed by atoms with Gasteiger partial charge in [-0.15, -0.1) is 0 Å². The second-order valence-corrected chi connectivity index (χ2v) is 7.22.